The van der Waals surface area contributed by atoms with Crippen molar-refractivity contribution in [3.05, 3.63) is 24.0 Å². The number of sulfonamides is 1. The van der Waals surface area contributed by atoms with Crippen molar-refractivity contribution in [1.82, 2.24) is 5.32 Å². The van der Waals surface area contributed by atoms with E-state index in [1.165, 1.54) is 6.92 Å². The van der Waals surface area contributed by atoms with Gasteiger partial charge < -0.3 is 10.1 Å². The maximum atomic E-state index is 13.1. The van der Waals surface area contributed by atoms with Gasteiger partial charge in [0.05, 0.1) is 0 Å². The highest BCUT2D eigenvalue weighted by Crippen LogP contribution is 2.24. The van der Waals surface area contributed by atoms with Crippen LogP contribution in [0.2, 0.25) is 0 Å². The number of nitrogens with two attached hydrogens (primary N) is 1. The van der Waals surface area contributed by atoms with E-state index in [9.17, 15) is 17.6 Å². The summed E-state index contributed by atoms with van der Waals surface area (Å²) in [6.07, 6.45) is -0.963. The predicted molar refractivity (Wildman–Crippen MR) is 75.8 cm³/mol. The Labute approximate surface area is 123 Å². The molecule has 1 aromatic rings. The normalized spacial score (nSPS) is 13.6. The molecular formula is C13H19FN2O4S. The van der Waals surface area contributed by atoms with Crippen LogP contribution in [0.4, 0.5) is 4.39 Å². The number of benzene rings is 1. The molecule has 21 heavy (non-hydrogen) atoms. The number of carbonyl (C=O) groups is 1. The van der Waals surface area contributed by atoms with Crippen LogP contribution in [0.15, 0.2) is 23.1 Å². The third-order valence-electron chi connectivity index (χ3n) is 2.38. The fourth-order valence-corrected chi connectivity index (χ4v) is 2.19. The average molecular weight is 318 g/mol. The van der Waals surface area contributed by atoms with Crippen molar-refractivity contribution in [2.24, 2.45) is 5.14 Å². The first-order valence-electron chi connectivity index (χ1n) is 6.21. The summed E-state index contributed by atoms with van der Waals surface area (Å²) in [4.78, 5) is 11.4. The zero-order valence-corrected chi connectivity index (χ0v) is 13.1. The Balaban J connectivity index is 3.01. The van der Waals surface area contributed by atoms with E-state index in [-0.39, 0.29) is 5.75 Å². The summed E-state index contributed by atoms with van der Waals surface area (Å²) in [7, 11) is -4.16. The van der Waals surface area contributed by atoms with Crippen LogP contribution in [0.5, 0.6) is 5.75 Å². The molecule has 0 saturated heterocycles. The molecule has 1 aromatic carbocycles. The maximum absolute atomic E-state index is 13.1. The van der Waals surface area contributed by atoms with Crippen LogP contribution >= 0.6 is 0 Å². The van der Waals surface area contributed by atoms with Crippen molar-refractivity contribution in [1.29, 1.82) is 0 Å². The number of carbonyl (C=O) groups excluding carboxylic acids is 1. The number of ether oxygens (including phenoxy) is 1. The Hall–Kier alpha value is -1.67. The van der Waals surface area contributed by atoms with Gasteiger partial charge in [0.15, 0.2) is 6.10 Å². The van der Waals surface area contributed by atoms with Crippen LogP contribution in [0.25, 0.3) is 0 Å². The molecule has 0 aliphatic carbocycles. The quantitative estimate of drug-likeness (QED) is 0.870. The zero-order chi connectivity index (χ0) is 16.4. The number of nitrogens with one attached hydrogen (secondary N) is 1. The number of primary sulfonamides is 1. The van der Waals surface area contributed by atoms with Crippen molar-refractivity contribution in [2.75, 3.05) is 0 Å². The van der Waals surface area contributed by atoms with Crippen molar-refractivity contribution >= 4 is 15.9 Å². The first-order chi connectivity index (χ1) is 9.40. The number of rotatable bonds is 4. The molecule has 0 radical (unpaired) electrons. The van der Waals surface area contributed by atoms with E-state index in [4.69, 9.17) is 9.88 Å². The molecule has 6 nitrogen and oxygen atoms in total. The highest BCUT2D eigenvalue weighted by Gasteiger charge is 2.23. The molecule has 0 aromatic heterocycles. The van der Waals surface area contributed by atoms with Gasteiger partial charge in [-0.3, -0.25) is 4.79 Å². The van der Waals surface area contributed by atoms with Crippen LogP contribution in [0.3, 0.4) is 0 Å². The highest BCUT2D eigenvalue weighted by molar-refractivity contribution is 7.89. The molecule has 118 valence electrons. The first-order valence-corrected chi connectivity index (χ1v) is 7.76. The minimum atomic E-state index is -4.16. The smallest absolute Gasteiger partial charge is 0.261 e. The molecule has 3 N–H and O–H groups in total. The first kappa shape index (κ1) is 17.4. The van der Waals surface area contributed by atoms with Gasteiger partial charge in [0.1, 0.15) is 16.5 Å². The van der Waals surface area contributed by atoms with Crippen LogP contribution in [0, 0.1) is 5.82 Å². The van der Waals surface area contributed by atoms with Crippen molar-refractivity contribution in [3.63, 3.8) is 0 Å². The second-order valence-electron chi connectivity index (χ2n) is 5.64. The molecule has 0 bridgehead atoms. The van der Waals surface area contributed by atoms with Crippen LogP contribution in [0.1, 0.15) is 27.7 Å². The minimum Gasteiger partial charge on any atom is -0.479 e. The van der Waals surface area contributed by atoms with Crippen LogP contribution in [-0.4, -0.2) is 26.0 Å². The second kappa shape index (κ2) is 5.98. The summed E-state index contributed by atoms with van der Waals surface area (Å²) in [5.41, 5.74) is -0.458. The fourth-order valence-electron chi connectivity index (χ4n) is 1.52. The Morgan fingerprint density at radius 3 is 2.43 bits per heavy atom. The topological polar surface area (TPSA) is 98.5 Å². The van der Waals surface area contributed by atoms with Gasteiger partial charge in [0.25, 0.3) is 5.91 Å². The summed E-state index contributed by atoms with van der Waals surface area (Å²) < 4.78 is 41.3. The van der Waals surface area contributed by atoms with E-state index in [0.717, 1.165) is 18.2 Å². The lowest BCUT2D eigenvalue weighted by atomic mass is 10.1. The van der Waals surface area contributed by atoms with Crippen molar-refractivity contribution < 1.29 is 22.3 Å². The van der Waals surface area contributed by atoms with Gasteiger partial charge >= 0.3 is 0 Å². The monoisotopic (exact) mass is 318 g/mol. The Morgan fingerprint density at radius 2 is 1.95 bits per heavy atom. The summed E-state index contributed by atoms with van der Waals surface area (Å²) in [5.74, 6) is -1.36. The maximum Gasteiger partial charge on any atom is 0.261 e. The van der Waals surface area contributed by atoms with Crippen molar-refractivity contribution in [2.45, 2.75) is 44.2 Å². The molecule has 1 rings (SSSR count). The third kappa shape index (κ3) is 5.31. The Kier molecular flexibility index (Phi) is 4.95. The van der Waals surface area contributed by atoms with Gasteiger partial charge in [-0.1, -0.05) is 0 Å². The van der Waals surface area contributed by atoms with Gasteiger partial charge in [-0.25, -0.2) is 17.9 Å². The SMILES string of the molecule is CC(Oc1ccc(F)cc1S(N)(=O)=O)C(=O)NC(C)(C)C. The van der Waals surface area contributed by atoms with Gasteiger partial charge in [-0.05, 0) is 45.9 Å². The lowest BCUT2D eigenvalue weighted by molar-refractivity contribution is -0.128. The zero-order valence-electron chi connectivity index (χ0n) is 12.3. The Morgan fingerprint density at radius 1 is 1.38 bits per heavy atom. The standard InChI is InChI=1S/C13H19FN2O4S/c1-8(12(17)16-13(2,3)4)20-10-6-5-9(14)7-11(10)21(15,18)19/h5-8H,1-4H3,(H,16,17)(H2,15,18,19). The number of amides is 1. The van der Waals surface area contributed by atoms with Crippen molar-refractivity contribution in [3.8, 4) is 5.75 Å². The van der Waals surface area contributed by atoms with Crippen LogP contribution < -0.4 is 15.2 Å². The van der Waals surface area contributed by atoms with E-state index < -0.39 is 38.3 Å². The molecule has 0 aliphatic rings. The second-order valence-corrected chi connectivity index (χ2v) is 7.17. The van der Waals surface area contributed by atoms with Gasteiger partial charge in [0, 0.05) is 5.54 Å². The van der Waals surface area contributed by atoms with Crippen LogP contribution in [-0.2, 0) is 14.8 Å². The van der Waals surface area contributed by atoms with E-state index in [0.29, 0.717) is 0 Å². The molecule has 0 fully saturated rings. The van der Waals surface area contributed by atoms with Gasteiger partial charge in [-0.15, -0.1) is 0 Å². The van der Waals surface area contributed by atoms with E-state index >= 15 is 0 Å². The highest BCUT2D eigenvalue weighted by atomic mass is 32.2. The molecular weight excluding hydrogens is 299 g/mol. The molecule has 1 unspecified atom stereocenters. The molecule has 0 saturated carbocycles. The molecule has 0 spiro atoms. The number of halogens is 1. The molecule has 8 heteroatoms. The van der Waals surface area contributed by atoms with Gasteiger partial charge in [0.2, 0.25) is 10.0 Å². The predicted octanol–water partition coefficient (Wildman–Crippen LogP) is 1.16. The van der Waals surface area contributed by atoms with E-state index in [1.54, 1.807) is 20.8 Å². The Bertz CT molecular complexity index is 638. The van der Waals surface area contributed by atoms with E-state index in [1.807, 2.05) is 0 Å². The largest absolute Gasteiger partial charge is 0.479 e. The summed E-state index contributed by atoms with van der Waals surface area (Å²) in [5, 5.41) is 7.70. The third-order valence-corrected chi connectivity index (χ3v) is 3.32. The number of hydrogen-bond donors (Lipinski definition) is 2. The average Bonchev–Trinajstić information content (AvgIpc) is 2.27. The molecule has 0 aliphatic heterocycles. The molecule has 0 heterocycles. The fraction of sp³-hybridized carbons (Fsp3) is 0.462. The number of hydrogen-bond acceptors (Lipinski definition) is 4. The summed E-state index contributed by atoms with van der Waals surface area (Å²) in [6, 6.07) is 2.90. The van der Waals surface area contributed by atoms with E-state index in [2.05, 4.69) is 5.32 Å². The molecule has 1 amide bonds. The minimum absolute atomic E-state index is 0.171. The summed E-state index contributed by atoms with van der Waals surface area (Å²) >= 11 is 0. The van der Waals surface area contributed by atoms with Gasteiger partial charge in [-0.2, -0.15) is 0 Å². The molecule has 1 atom stereocenters. The lowest BCUT2D eigenvalue weighted by Gasteiger charge is -2.24. The summed E-state index contributed by atoms with van der Waals surface area (Å²) in [6.45, 7) is 6.85. The lowest BCUT2D eigenvalue weighted by Crippen LogP contribution is -2.46.